The Morgan fingerprint density at radius 3 is 2.19 bits per heavy atom. The van der Waals surface area contributed by atoms with Gasteiger partial charge in [0, 0.05) is 25.3 Å². The van der Waals surface area contributed by atoms with E-state index in [9.17, 15) is 26.7 Å². The second-order valence-electron chi connectivity index (χ2n) is 8.90. The molecule has 2 rings (SSSR count). The van der Waals surface area contributed by atoms with Crippen LogP contribution in [0.2, 0.25) is 0 Å². The fourth-order valence-electron chi connectivity index (χ4n) is 3.80. The molecule has 0 aliphatic rings. The summed E-state index contributed by atoms with van der Waals surface area (Å²) in [5, 5.41) is 13.9. The summed E-state index contributed by atoms with van der Waals surface area (Å²) in [5.41, 5.74) is 0.831. The topological polar surface area (TPSA) is 130 Å². The normalized spacial score (nSPS) is 14.7. The van der Waals surface area contributed by atoms with E-state index in [4.69, 9.17) is 4.74 Å². The first-order chi connectivity index (χ1) is 16.9. The number of methoxy groups -OCH3 is 1. The van der Waals surface area contributed by atoms with Gasteiger partial charge >= 0.3 is 0 Å². The van der Waals surface area contributed by atoms with E-state index in [1.54, 1.807) is 12.1 Å². The summed E-state index contributed by atoms with van der Waals surface area (Å²) < 4.78 is 56.3. The van der Waals surface area contributed by atoms with Crippen LogP contribution in [-0.4, -0.2) is 76.5 Å². The van der Waals surface area contributed by atoms with Gasteiger partial charge in [-0.3, -0.25) is 4.79 Å². The number of nitrogens with one attached hydrogen (secondary N) is 1. The monoisotopic (exact) mass is 540 g/mol. The quantitative estimate of drug-likeness (QED) is 0.374. The van der Waals surface area contributed by atoms with Crippen LogP contribution in [0.1, 0.15) is 25.8 Å². The second kappa shape index (κ2) is 13.2. The minimum Gasteiger partial charge on any atom is -0.497 e. The standard InChI is InChI=1S/C25H36N2O7S2/c1-5-15-27(36(32,33)22-13-11-21(34-3)12-14-22)17-24(28)23(16-20-9-7-6-8-10-20)26-25(29)19(2)18-35(4,30)31/h6-14,19,23-24,28H,5,15-18H2,1-4H3,(H,26,29)/t19-,23+,24-/m1/s1. The third-order valence-corrected chi connectivity index (χ3v) is 8.64. The van der Waals surface area contributed by atoms with Gasteiger partial charge in [0.2, 0.25) is 15.9 Å². The number of sulfone groups is 1. The van der Waals surface area contributed by atoms with Crippen molar-refractivity contribution in [3.05, 3.63) is 60.2 Å². The van der Waals surface area contributed by atoms with E-state index in [0.29, 0.717) is 12.2 Å². The first-order valence-corrected chi connectivity index (χ1v) is 15.2. The van der Waals surface area contributed by atoms with Gasteiger partial charge < -0.3 is 15.2 Å². The van der Waals surface area contributed by atoms with Crippen molar-refractivity contribution < 1.29 is 31.5 Å². The maximum absolute atomic E-state index is 13.3. The summed E-state index contributed by atoms with van der Waals surface area (Å²) in [7, 11) is -5.83. The number of aliphatic hydroxyl groups excluding tert-OH is 1. The Morgan fingerprint density at radius 1 is 1.06 bits per heavy atom. The fraction of sp³-hybridized carbons (Fsp3) is 0.480. The average molecular weight is 541 g/mol. The molecule has 0 bridgehead atoms. The molecule has 3 atom stereocenters. The Hall–Kier alpha value is -2.47. The number of carbonyl (C=O) groups is 1. The number of nitrogens with zero attached hydrogens (tertiary/aromatic N) is 1. The zero-order valence-corrected chi connectivity index (χ0v) is 22.8. The zero-order chi connectivity index (χ0) is 26.9. The molecular weight excluding hydrogens is 504 g/mol. The molecule has 0 aliphatic carbocycles. The van der Waals surface area contributed by atoms with Gasteiger partial charge in [-0.2, -0.15) is 4.31 Å². The Balaban J connectivity index is 2.29. The Morgan fingerprint density at radius 2 is 1.67 bits per heavy atom. The van der Waals surface area contributed by atoms with Crippen molar-refractivity contribution in [2.45, 2.75) is 43.7 Å². The molecule has 200 valence electrons. The second-order valence-corrected chi connectivity index (χ2v) is 13.0. The molecule has 1 amide bonds. The van der Waals surface area contributed by atoms with Crippen LogP contribution in [0.25, 0.3) is 0 Å². The Kier molecular flexibility index (Phi) is 10.9. The number of benzene rings is 2. The highest BCUT2D eigenvalue weighted by Gasteiger charge is 2.31. The predicted molar refractivity (Wildman–Crippen MR) is 139 cm³/mol. The minimum absolute atomic E-state index is 0.0642. The van der Waals surface area contributed by atoms with Crippen molar-refractivity contribution in [2.75, 3.05) is 32.2 Å². The molecule has 0 heterocycles. The molecule has 0 fully saturated rings. The van der Waals surface area contributed by atoms with Crippen molar-refractivity contribution in [1.82, 2.24) is 9.62 Å². The van der Waals surface area contributed by atoms with Gasteiger partial charge in [0.25, 0.3) is 0 Å². The van der Waals surface area contributed by atoms with Crippen molar-refractivity contribution >= 4 is 25.8 Å². The van der Waals surface area contributed by atoms with Gasteiger partial charge in [-0.05, 0) is 42.7 Å². The van der Waals surface area contributed by atoms with Crippen molar-refractivity contribution in [2.24, 2.45) is 5.92 Å². The molecule has 0 unspecified atom stereocenters. The summed E-state index contributed by atoms with van der Waals surface area (Å²) in [4.78, 5) is 12.8. The summed E-state index contributed by atoms with van der Waals surface area (Å²) >= 11 is 0. The molecule has 0 aromatic heterocycles. The molecule has 9 nitrogen and oxygen atoms in total. The highest BCUT2D eigenvalue weighted by Crippen LogP contribution is 2.21. The number of ether oxygens (including phenoxy) is 1. The third-order valence-electron chi connectivity index (χ3n) is 5.65. The van der Waals surface area contributed by atoms with E-state index in [1.165, 1.54) is 30.5 Å². The van der Waals surface area contributed by atoms with Crippen LogP contribution in [0.5, 0.6) is 5.75 Å². The van der Waals surface area contributed by atoms with Crippen LogP contribution in [0.3, 0.4) is 0 Å². The lowest BCUT2D eigenvalue weighted by Crippen LogP contribution is -2.52. The lowest BCUT2D eigenvalue weighted by molar-refractivity contribution is -0.125. The highest BCUT2D eigenvalue weighted by atomic mass is 32.2. The van der Waals surface area contributed by atoms with Crippen LogP contribution < -0.4 is 10.1 Å². The lowest BCUT2D eigenvalue weighted by atomic mass is 10.00. The van der Waals surface area contributed by atoms with E-state index < -0.39 is 43.8 Å². The van der Waals surface area contributed by atoms with E-state index in [0.717, 1.165) is 11.8 Å². The molecule has 36 heavy (non-hydrogen) atoms. The summed E-state index contributed by atoms with van der Waals surface area (Å²) in [6.45, 7) is 3.25. The predicted octanol–water partition coefficient (Wildman–Crippen LogP) is 1.87. The molecular formula is C25H36N2O7S2. The van der Waals surface area contributed by atoms with Gasteiger partial charge in [0.1, 0.15) is 15.6 Å². The molecule has 11 heteroatoms. The SMILES string of the molecule is CCCN(C[C@@H](O)[C@H](Cc1ccccc1)NC(=O)[C@H](C)CS(C)(=O)=O)S(=O)(=O)c1ccc(OC)cc1. The van der Waals surface area contributed by atoms with E-state index >= 15 is 0 Å². The number of sulfonamides is 1. The van der Waals surface area contributed by atoms with Gasteiger partial charge in [0.15, 0.2) is 0 Å². The van der Waals surface area contributed by atoms with Crippen molar-refractivity contribution in [3.63, 3.8) is 0 Å². The minimum atomic E-state index is -3.93. The largest absolute Gasteiger partial charge is 0.497 e. The van der Waals surface area contributed by atoms with Crippen LogP contribution in [0, 0.1) is 5.92 Å². The number of aliphatic hydroxyl groups is 1. The molecule has 0 spiro atoms. The van der Waals surface area contributed by atoms with E-state index in [-0.39, 0.29) is 30.2 Å². The zero-order valence-electron chi connectivity index (χ0n) is 21.1. The molecule has 2 N–H and O–H groups in total. The number of rotatable bonds is 14. The Labute approximate surface area is 214 Å². The third kappa shape index (κ3) is 8.88. The van der Waals surface area contributed by atoms with Crippen molar-refractivity contribution in [3.8, 4) is 5.75 Å². The number of amides is 1. The molecule has 0 saturated heterocycles. The maximum atomic E-state index is 13.3. The van der Waals surface area contributed by atoms with Crippen LogP contribution in [0.15, 0.2) is 59.5 Å². The molecule has 2 aromatic carbocycles. The number of carbonyl (C=O) groups excluding carboxylic acids is 1. The van der Waals surface area contributed by atoms with E-state index in [1.807, 2.05) is 37.3 Å². The lowest BCUT2D eigenvalue weighted by Gasteiger charge is -2.30. The first-order valence-electron chi connectivity index (χ1n) is 11.7. The fourth-order valence-corrected chi connectivity index (χ4v) is 6.41. The van der Waals surface area contributed by atoms with Gasteiger partial charge in [-0.1, -0.05) is 44.2 Å². The van der Waals surface area contributed by atoms with Crippen molar-refractivity contribution in [1.29, 1.82) is 0 Å². The highest BCUT2D eigenvalue weighted by molar-refractivity contribution is 7.90. The van der Waals surface area contributed by atoms with Gasteiger partial charge in [-0.25, -0.2) is 16.8 Å². The molecule has 0 radical (unpaired) electrons. The average Bonchev–Trinajstić information content (AvgIpc) is 2.82. The summed E-state index contributed by atoms with van der Waals surface area (Å²) in [6.07, 6.45) is 0.560. The maximum Gasteiger partial charge on any atom is 0.243 e. The molecule has 0 aliphatic heterocycles. The number of hydrogen-bond donors (Lipinski definition) is 2. The smallest absolute Gasteiger partial charge is 0.243 e. The first kappa shape index (κ1) is 29.8. The summed E-state index contributed by atoms with van der Waals surface area (Å²) in [6, 6.07) is 14.3. The number of hydrogen-bond acceptors (Lipinski definition) is 7. The summed E-state index contributed by atoms with van der Waals surface area (Å²) in [5.74, 6) is -1.17. The molecule has 2 aromatic rings. The van der Waals surface area contributed by atoms with Crippen LogP contribution in [0.4, 0.5) is 0 Å². The van der Waals surface area contributed by atoms with Gasteiger partial charge in [-0.15, -0.1) is 0 Å². The van der Waals surface area contributed by atoms with Crippen LogP contribution >= 0.6 is 0 Å². The van der Waals surface area contributed by atoms with E-state index in [2.05, 4.69) is 5.32 Å². The Bertz CT molecular complexity index is 1180. The molecule has 0 saturated carbocycles. The van der Waals surface area contributed by atoms with Crippen LogP contribution in [-0.2, 0) is 31.1 Å². The van der Waals surface area contributed by atoms with Gasteiger partial charge in [0.05, 0.1) is 29.9 Å².